The van der Waals surface area contributed by atoms with Gasteiger partial charge in [0.25, 0.3) is 11.6 Å². The Morgan fingerprint density at radius 1 is 1.38 bits per heavy atom. The zero-order valence-corrected chi connectivity index (χ0v) is 13.8. The molecule has 0 bridgehead atoms. The van der Waals surface area contributed by atoms with Gasteiger partial charge < -0.3 is 9.42 Å². The van der Waals surface area contributed by atoms with Crippen molar-refractivity contribution in [1.29, 1.82) is 0 Å². The molecule has 0 spiro atoms. The molecule has 7 nitrogen and oxygen atoms in total. The van der Waals surface area contributed by atoms with E-state index in [-0.39, 0.29) is 11.9 Å². The fourth-order valence-electron chi connectivity index (χ4n) is 3.41. The summed E-state index contributed by atoms with van der Waals surface area (Å²) in [6, 6.07) is 3.96. The molecule has 1 saturated heterocycles. The zero-order valence-electron chi connectivity index (χ0n) is 13.8. The van der Waals surface area contributed by atoms with E-state index in [1.54, 1.807) is 6.20 Å². The highest BCUT2D eigenvalue weighted by atomic mass is 16.5. The monoisotopic (exact) mass is 325 g/mol. The third kappa shape index (κ3) is 2.46. The summed E-state index contributed by atoms with van der Waals surface area (Å²) in [5, 5.41) is 8.99. The van der Waals surface area contributed by atoms with Gasteiger partial charge in [0.15, 0.2) is 0 Å². The minimum Gasteiger partial charge on any atom is -0.336 e. The van der Waals surface area contributed by atoms with Gasteiger partial charge in [-0.05, 0) is 38.8 Å². The highest BCUT2D eigenvalue weighted by molar-refractivity contribution is 6.06. The second-order valence-electron chi connectivity index (χ2n) is 6.29. The van der Waals surface area contributed by atoms with Crippen LogP contribution < -0.4 is 0 Å². The summed E-state index contributed by atoms with van der Waals surface area (Å²) in [6.07, 6.45) is 5.73. The Kier molecular flexibility index (Phi) is 3.55. The van der Waals surface area contributed by atoms with Crippen molar-refractivity contribution in [3.63, 3.8) is 0 Å². The number of nitrogens with zero attached hydrogens (tertiary/aromatic N) is 5. The lowest BCUT2D eigenvalue weighted by atomic mass is 10.0. The number of rotatable bonds is 2. The Bertz CT molecular complexity index is 884. The molecule has 0 radical (unpaired) electrons. The van der Waals surface area contributed by atoms with Gasteiger partial charge in [0.1, 0.15) is 0 Å². The quantitative estimate of drug-likeness (QED) is 0.723. The van der Waals surface area contributed by atoms with Gasteiger partial charge >= 0.3 is 0 Å². The molecule has 3 aromatic rings. The van der Waals surface area contributed by atoms with Crippen LogP contribution in [0.2, 0.25) is 0 Å². The van der Waals surface area contributed by atoms with E-state index in [1.807, 2.05) is 41.8 Å². The van der Waals surface area contributed by atoms with E-state index in [1.165, 1.54) is 0 Å². The van der Waals surface area contributed by atoms with Gasteiger partial charge in [-0.25, -0.2) is 4.98 Å². The number of hydrogen-bond donors (Lipinski definition) is 0. The minimum atomic E-state index is 0.00801. The van der Waals surface area contributed by atoms with Crippen LogP contribution in [0, 0.1) is 13.8 Å². The number of aromatic nitrogens is 4. The molecule has 1 aliphatic rings. The number of carbonyl (C=O) groups excluding carboxylic acids is 1. The van der Waals surface area contributed by atoms with Crippen molar-refractivity contribution in [1.82, 2.24) is 24.8 Å². The van der Waals surface area contributed by atoms with Gasteiger partial charge in [-0.2, -0.15) is 5.10 Å². The van der Waals surface area contributed by atoms with Crippen LogP contribution in [0.4, 0.5) is 0 Å². The summed E-state index contributed by atoms with van der Waals surface area (Å²) in [4.78, 5) is 19.4. The van der Waals surface area contributed by atoms with Crippen LogP contribution in [0.1, 0.15) is 40.6 Å². The molecule has 0 aromatic carbocycles. The van der Waals surface area contributed by atoms with E-state index in [9.17, 15) is 4.79 Å². The molecule has 1 amide bonds. The lowest BCUT2D eigenvalue weighted by Crippen LogP contribution is -2.41. The minimum absolute atomic E-state index is 0.00801. The summed E-state index contributed by atoms with van der Waals surface area (Å²) in [5.41, 5.74) is 2.50. The van der Waals surface area contributed by atoms with Crippen LogP contribution in [0.3, 0.4) is 0 Å². The van der Waals surface area contributed by atoms with Gasteiger partial charge in [-0.15, -0.1) is 0 Å². The summed E-state index contributed by atoms with van der Waals surface area (Å²) in [7, 11) is 0. The number of amides is 1. The van der Waals surface area contributed by atoms with Crippen molar-refractivity contribution >= 4 is 17.0 Å². The Morgan fingerprint density at radius 3 is 3.04 bits per heavy atom. The average Bonchev–Trinajstić information content (AvgIpc) is 3.24. The molecule has 1 atom stereocenters. The average molecular weight is 325 g/mol. The number of fused-ring (bicyclic) bond motifs is 1. The van der Waals surface area contributed by atoms with Crippen molar-refractivity contribution in [3.05, 3.63) is 41.5 Å². The highest BCUT2D eigenvalue weighted by Crippen LogP contribution is 2.26. The number of aryl methyl sites for hydroxylation is 2. The fourth-order valence-corrected chi connectivity index (χ4v) is 3.41. The number of hydrogen-bond acceptors (Lipinski definition) is 5. The van der Waals surface area contributed by atoms with E-state index < -0.39 is 0 Å². The maximum absolute atomic E-state index is 13.1. The molecule has 24 heavy (non-hydrogen) atoms. The van der Waals surface area contributed by atoms with Crippen LogP contribution in [0.5, 0.6) is 0 Å². The largest absolute Gasteiger partial charge is 0.336 e. The van der Waals surface area contributed by atoms with Gasteiger partial charge in [-0.1, -0.05) is 5.16 Å². The third-order valence-electron chi connectivity index (χ3n) is 4.56. The van der Waals surface area contributed by atoms with Gasteiger partial charge in [0.2, 0.25) is 0 Å². The molecule has 4 rings (SSSR count). The topological polar surface area (TPSA) is 77.0 Å². The smallest absolute Gasteiger partial charge is 0.258 e. The Morgan fingerprint density at radius 2 is 2.25 bits per heavy atom. The first-order valence-corrected chi connectivity index (χ1v) is 8.15. The summed E-state index contributed by atoms with van der Waals surface area (Å²) in [5.74, 6) is 0.00801. The highest BCUT2D eigenvalue weighted by Gasteiger charge is 2.28. The van der Waals surface area contributed by atoms with Crippen molar-refractivity contribution < 1.29 is 9.32 Å². The van der Waals surface area contributed by atoms with Crippen molar-refractivity contribution in [3.8, 4) is 0 Å². The lowest BCUT2D eigenvalue weighted by Gasteiger charge is -2.33. The van der Waals surface area contributed by atoms with Gasteiger partial charge in [0.05, 0.1) is 22.7 Å². The lowest BCUT2D eigenvalue weighted by molar-refractivity contribution is 0.0674. The van der Waals surface area contributed by atoms with E-state index >= 15 is 0 Å². The van der Waals surface area contributed by atoms with Crippen LogP contribution in [0.15, 0.2) is 29.0 Å². The first-order valence-electron chi connectivity index (χ1n) is 8.15. The predicted molar refractivity (Wildman–Crippen MR) is 87.7 cm³/mol. The number of carbonyl (C=O) groups is 1. The Hall–Kier alpha value is -2.70. The molecular weight excluding hydrogens is 306 g/mol. The Labute approximate surface area is 139 Å². The predicted octanol–water partition coefficient (Wildman–Crippen LogP) is 2.51. The van der Waals surface area contributed by atoms with Crippen molar-refractivity contribution in [2.24, 2.45) is 0 Å². The van der Waals surface area contributed by atoms with E-state index in [2.05, 4.69) is 15.2 Å². The van der Waals surface area contributed by atoms with E-state index in [4.69, 9.17) is 4.52 Å². The molecule has 1 aliphatic heterocycles. The summed E-state index contributed by atoms with van der Waals surface area (Å²) < 4.78 is 7.18. The molecule has 4 heterocycles. The molecule has 7 heteroatoms. The standard InChI is InChI=1S/C17H19N5O2/c1-11-9-14(15-12(2)20-24-16(15)19-11)17(23)21-7-3-5-13(10-21)22-8-4-6-18-22/h4,6,8-9,13H,3,5,7,10H2,1-2H3/t13-/m0/s1. The van der Waals surface area contributed by atoms with Crippen molar-refractivity contribution in [2.75, 3.05) is 13.1 Å². The van der Waals surface area contributed by atoms with Crippen molar-refractivity contribution in [2.45, 2.75) is 32.7 Å². The summed E-state index contributed by atoms with van der Waals surface area (Å²) >= 11 is 0. The van der Waals surface area contributed by atoms with Crippen LogP contribution in [0.25, 0.3) is 11.1 Å². The molecular formula is C17H19N5O2. The third-order valence-corrected chi connectivity index (χ3v) is 4.56. The van der Waals surface area contributed by atoms with E-state index in [0.717, 1.165) is 25.1 Å². The number of pyridine rings is 1. The Balaban J connectivity index is 1.67. The first kappa shape index (κ1) is 14.9. The molecule has 1 fully saturated rings. The molecule has 3 aromatic heterocycles. The van der Waals surface area contributed by atoms with Gasteiger partial charge in [-0.3, -0.25) is 9.48 Å². The molecule has 0 aliphatic carbocycles. The molecule has 0 N–H and O–H groups in total. The maximum atomic E-state index is 13.1. The van der Waals surface area contributed by atoms with Gasteiger partial charge in [0, 0.05) is 31.2 Å². The second-order valence-corrected chi connectivity index (χ2v) is 6.29. The number of likely N-dealkylation sites (tertiary alicyclic amines) is 1. The fraction of sp³-hybridized carbons (Fsp3) is 0.412. The van der Waals surface area contributed by atoms with Crippen LogP contribution in [-0.2, 0) is 0 Å². The first-order chi connectivity index (χ1) is 11.6. The summed E-state index contributed by atoms with van der Waals surface area (Å²) in [6.45, 7) is 5.11. The van der Waals surface area contributed by atoms with Crippen LogP contribution in [-0.4, -0.2) is 43.8 Å². The zero-order chi connectivity index (χ0) is 16.7. The van der Waals surface area contributed by atoms with Crippen LogP contribution >= 0.6 is 0 Å². The van der Waals surface area contributed by atoms with E-state index in [0.29, 0.717) is 28.9 Å². The molecule has 0 unspecified atom stereocenters. The molecule has 0 saturated carbocycles. The SMILES string of the molecule is Cc1cc(C(=O)N2CCC[C@H](n3cccn3)C2)c2c(C)noc2n1. The normalized spacial score (nSPS) is 18.2. The molecule has 124 valence electrons. The number of piperidine rings is 1. The maximum Gasteiger partial charge on any atom is 0.258 e. The second kappa shape index (κ2) is 5.74.